The summed E-state index contributed by atoms with van der Waals surface area (Å²) in [6.07, 6.45) is 2.16. The second-order valence-corrected chi connectivity index (χ2v) is 5.53. The standard InChI is InChI=1S/C16H23NO7/c1-3-13(19)22-10-16(9-18,11-23-14(20)4-2)12-24-15(21)5-6-17-7-8-17/h3-4,18H,1-2,5-12H2. The van der Waals surface area contributed by atoms with Gasteiger partial charge in [-0.15, -0.1) is 0 Å². The van der Waals surface area contributed by atoms with Gasteiger partial charge in [-0.1, -0.05) is 13.2 Å². The van der Waals surface area contributed by atoms with E-state index in [9.17, 15) is 19.5 Å². The molecule has 0 radical (unpaired) electrons. The molecule has 0 aromatic heterocycles. The van der Waals surface area contributed by atoms with Gasteiger partial charge in [0.2, 0.25) is 0 Å². The van der Waals surface area contributed by atoms with Crippen LogP contribution in [0.15, 0.2) is 25.3 Å². The van der Waals surface area contributed by atoms with Crippen LogP contribution in [0.2, 0.25) is 0 Å². The number of carbonyl (C=O) groups excluding carboxylic acids is 3. The van der Waals surface area contributed by atoms with E-state index >= 15 is 0 Å². The molecule has 0 unspecified atom stereocenters. The molecule has 24 heavy (non-hydrogen) atoms. The first-order chi connectivity index (χ1) is 11.4. The molecule has 8 nitrogen and oxygen atoms in total. The molecule has 1 fully saturated rings. The number of carbonyl (C=O) groups is 3. The van der Waals surface area contributed by atoms with Gasteiger partial charge in [0.05, 0.1) is 18.4 Å². The molecule has 0 spiro atoms. The summed E-state index contributed by atoms with van der Waals surface area (Å²) in [5, 5.41) is 9.65. The van der Waals surface area contributed by atoms with Crippen molar-refractivity contribution in [3.8, 4) is 0 Å². The lowest BCUT2D eigenvalue weighted by Crippen LogP contribution is -2.42. The number of rotatable bonds is 12. The Balaban J connectivity index is 2.58. The molecular formula is C16H23NO7. The Morgan fingerprint density at radius 2 is 1.50 bits per heavy atom. The van der Waals surface area contributed by atoms with Crippen LogP contribution < -0.4 is 0 Å². The van der Waals surface area contributed by atoms with E-state index in [1.165, 1.54) is 0 Å². The van der Waals surface area contributed by atoms with Crippen LogP contribution in [-0.4, -0.2) is 74.0 Å². The van der Waals surface area contributed by atoms with Gasteiger partial charge in [-0.2, -0.15) is 0 Å². The van der Waals surface area contributed by atoms with Gasteiger partial charge in [0.15, 0.2) is 0 Å². The van der Waals surface area contributed by atoms with Gasteiger partial charge in [-0.3, -0.25) is 4.79 Å². The summed E-state index contributed by atoms with van der Waals surface area (Å²) in [5.74, 6) is -1.84. The van der Waals surface area contributed by atoms with Gasteiger partial charge >= 0.3 is 17.9 Å². The third kappa shape index (κ3) is 7.38. The number of nitrogens with zero attached hydrogens (tertiary/aromatic N) is 1. The molecule has 0 atom stereocenters. The molecule has 0 aromatic rings. The summed E-state index contributed by atoms with van der Waals surface area (Å²) in [4.78, 5) is 36.3. The van der Waals surface area contributed by atoms with Crippen LogP contribution in [0.1, 0.15) is 6.42 Å². The van der Waals surface area contributed by atoms with Crippen molar-refractivity contribution in [1.82, 2.24) is 4.90 Å². The Morgan fingerprint density at radius 1 is 1.00 bits per heavy atom. The van der Waals surface area contributed by atoms with Crippen LogP contribution in [0.3, 0.4) is 0 Å². The van der Waals surface area contributed by atoms with Crippen LogP contribution in [0.4, 0.5) is 0 Å². The van der Waals surface area contributed by atoms with E-state index < -0.39 is 29.9 Å². The molecule has 8 heteroatoms. The fourth-order valence-electron chi connectivity index (χ4n) is 1.68. The lowest BCUT2D eigenvalue weighted by molar-refractivity contribution is -0.161. The monoisotopic (exact) mass is 341 g/mol. The van der Waals surface area contributed by atoms with Gasteiger partial charge in [-0.25, -0.2) is 9.59 Å². The fourth-order valence-corrected chi connectivity index (χ4v) is 1.68. The van der Waals surface area contributed by atoms with Crippen molar-refractivity contribution in [2.24, 2.45) is 5.41 Å². The van der Waals surface area contributed by atoms with E-state index in [1.807, 2.05) is 0 Å². The van der Waals surface area contributed by atoms with Gasteiger partial charge in [0.25, 0.3) is 0 Å². The number of esters is 3. The second kappa shape index (κ2) is 9.84. The first kappa shape index (κ1) is 19.9. The molecule has 0 bridgehead atoms. The minimum absolute atomic E-state index is 0.223. The Bertz CT molecular complexity index is 461. The molecule has 1 aliphatic heterocycles. The smallest absolute Gasteiger partial charge is 0.330 e. The van der Waals surface area contributed by atoms with E-state index in [0.29, 0.717) is 6.54 Å². The zero-order valence-corrected chi connectivity index (χ0v) is 13.6. The third-order valence-electron chi connectivity index (χ3n) is 3.42. The number of hydrogen-bond donors (Lipinski definition) is 1. The molecular weight excluding hydrogens is 318 g/mol. The van der Waals surface area contributed by atoms with Gasteiger partial charge in [0.1, 0.15) is 19.8 Å². The highest BCUT2D eigenvalue weighted by Crippen LogP contribution is 2.20. The number of aliphatic hydroxyl groups is 1. The molecule has 1 heterocycles. The largest absolute Gasteiger partial charge is 0.465 e. The summed E-state index contributed by atoms with van der Waals surface area (Å²) >= 11 is 0. The van der Waals surface area contributed by atoms with E-state index in [0.717, 1.165) is 25.2 Å². The minimum atomic E-state index is -1.24. The van der Waals surface area contributed by atoms with Gasteiger partial charge in [0, 0.05) is 31.8 Å². The summed E-state index contributed by atoms with van der Waals surface area (Å²) in [5.41, 5.74) is -1.24. The topological polar surface area (TPSA) is 102 Å². The third-order valence-corrected chi connectivity index (χ3v) is 3.42. The number of ether oxygens (including phenoxy) is 3. The number of aliphatic hydroxyl groups excluding tert-OH is 1. The Kier molecular flexibility index (Phi) is 8.14. The molecule has 0 aliphatic carbocycles. The molecule has 0 saturated carbocycles. The summed E-state index contributed by atoms with van der Waals surface area (Å²) < 4.78 is 15.0. The summed E-state index contributed by atoms with van der Waals surface area (Å²) in [6.45, 7) is 7.75. The zero-order chi connectivity index (χ0) is 18.0. The number of hydrogen-bond acceptors (Lipinski definition) is 8. The SMILES string of the molecule is C=CC(=O)OCC(CO)(COC(=O)C=C)COC(=O)CCN1CC1. The van der Waals surface area contributed by atoms with E-state index in [4.69, 9.17) is 14.2 Å². The molecule has 1 saturated heterocycles. The molecule has 1 rings (SSSR count). The van der Waals surface area contributed by atoms with Crippen LogP contribution in [0.25, 0.3) is 0 Å². The van der Waals surface area contributed by atoms with E-state index in [2.05, 4.69) is 18.1 Å². The Hall–Kier alpha value is -2.19. The highest BCUT2D eigenvalue weighted by Gasteiger charge is 2.35. The maximum atomic E-state index is 11.7. The van der Waals surface area contributed by atoms with Crippen LogP contribution >= 0.6 is 0 Å². The lowest BCUT2D eigenvalue weighted by atomic mass is 9.92. The highest BCUT2D eigenvalue weighted by molar-refractivity contribution is 5.81. The average Bonchev–Trinajstić information content (AvgIpc) is 3.43. The van der Waals surface area contributed by atoms with Crippen LogP contribution in [0.5, 0.6) is 0 Å². The van der Waals surface area contributed by atoms with E-state index in [-0.39, 0.29) is 26.2 Å². The van der Waals surface area contributed by atoms with Crippen molar-refractivity contribution in [2.45, 2.75) is 6.42 Å². The normalized spacial score (nSPS) is 13.7. The van der Waals surface area contributed by atoms with Crippen molar-refractivity contribution < 1.29 is 33.7 Å². The Morgan fingerprint density at radius 3 is 1.92 bits per heavy atom. The van der Waals surface area contributed by atoms with Crippen molar-refractivity contribution in [3.05, 3.63) is 25.3 Å². The average molecular weight is 341 g/mol. The molecule has 1 N–H and O–H groups in total. The predicted octanol–water partition coefficient (Wildman–Crippen LogP) is -0.328. The van der Waals surface area contributed by atoms with Crippen molar-refractivity contribution >= 4 is 17.9 Å². The van der Waals surface area contributed by atoms with Gasteiger partial charge in [-0.05, 0) is 0 Å². The summed E-state index contributed by atoms with van der Waals surface area (Å²) in [7, 11) is 0. The van der Waals surface area contributed by atoms with Crippen molar-refractivity contribution in [2.75, 3.05) is 46.1 Å². The molecule has 134 valence electrons. The van der Waals surface area contributed by atoms with Crippen LogP contribution in [-0.2, 0) is 28.6 Å². The Labute approximate surface area is 140 Å². The first-order valence-electron chi connectivity index (χ1n) is 7.52. The quantitative estimate of drug-likeness (QED) is 0.223. The predicted molar refractivity (Wildman–Crippen MR) is 83.8 cm³/mol. The molecule has 0 aromatic carbocycles. The van der Waals surface area contributed by atoms with Gasteiger partial charge < -0.3 is 24.2 Å². The van der Waals surface area contributed by atoms with E-state index in [1.54, 1.807) is 0 Å². The van der Waals surface area contributed by atoms with Crippen molar-refractivity contribution in [3.63, 3.8) is 0 Å². The lowest BCUT2D eigenvalue weighted by Gasteiger charge is -2.29. The maximum absolute atomic E-state index is 11.7. The molecule has 1 aliphatic rings. The minimum Gasteiger partial charge on any atom is -0.465 e. The summed E-state index contributed by atoms with van der Waals surface area (Å²) in [6, 6.07) is 0. The highest BCUT2D eigenvalue weighted by atomic mass is 16.6. The molecule has 0 amide bonds. The second-order valence-electron chi connectivity index (χ2n) is 5.53. The maximum Gasteiger partial charge on any atom is 0.330 e. The zero-order valence-electron chi connectivity index (χ0n) is 13.6. The van der Waals surface area contributed by atoms with Crippen LogP contribution in [0, 0.1) is 5.41 Å². The first-order valence-corrected chi connectivity index (χ1v) is 7.52. The van der Waals surface area contributed by atoms with Crippen molar-refractivity contribution in [1.29, 1.82) is 0 Å². The fraction of sp³-hybridized carbons (Fsp3) is 0.562.